The minimum Gasteiger partial charge on any atom is -0.396 e. The summed E-state index contributed by atoms with van der Waals surface area (Å²) in [7, 11) is 0. The van der Waals surface area contributed by atoms with Crippen LogP contribution in [0.3, 0.4) is 0 Å². The van der Waals surface area contributed by atoms with Crippen molar-refractivity contribution in [2.24, 2.45) is 5.92 Å². The first-order chi connectivity index (χ1) is 12.2. The number of aliphatic hydroxyl groups is 1. The second-order valence-electron chi connectivity index (χ2n) is 6.56. The molecular weight excluding hydrogens is 340 g/mol. The van der Waals surface area contributed by atoms with Crippen LogP contribution in [-0.2, 0) is 6.54 Å². The molecule has 1 aromatic carbocycles. The van der Waals surface area contributed by atoms with Gasteiger partial charge >= 0.3 is 0 Å². The number of benzene rings is 1. The van der Waals surface area contributed by atoms with Crippen molar-refractivity contribution in [2.45, 2.75) is 32.2 Å². The van der Waals surface area contributed by atoms with Crippen LogP contribution in [0.15, 0.2) is 30.5 Å². The van der Waals surface area contributed by atoms with E-state index in [-0.39, 0.29) is 12.5 Å². The zero-order chi connectivity index (χ0) is 17.6. The first-order valence-electron chi connectivity index (χ1n) is 8.70. The number of aromatic nitrogens is 3. The van der Waals surface area contributed by atoms with Crippen LogP contribution in [0.2, 0.25) is 5.02 Å². The molecule has 1 aliphatic heterocycles. The van der Waals surface area contributed by atoms with Gasteiger partial charge in [-0.1, -0.05) is 28.9 Å². The van der Waals surface area contributed by atoms with Crippen molar-refractivity contribution in [2.75, 3.05) is 19.7 Å². The number of hydrogen-bond acceptors (Lipinski definition) is 4. The van der Waals surface area contributed by atoms with E-state index in [0.29, 0.717) is 23.2 Å². The maximum atomic E-state index is 12.7. The van der Waals surface area contributed by atoms with Crippen molar-refractivity contribution in [3.05, 3.63) is 46.7 Å². The van der Waals surface area contributed by atoms with Gasteiger partial charge in [-0.25, -0.2) is 4.68 Å². The predicted molar refractivity (Wildman–Crippen MR) is 95.5 cm³/mol. The van der Waals surface area contributed by atoms with Crippen molar-refractivity contribution in [1.82, 2.24) is 19.9 Å². The van der Waals surface area contributed by atoms with Crippen molar-refractivity contribution < 1.29 is 9.90 Å². The average molecular weight is 363 g/mol. The molecule has 7 heteroatoms. The van der Waals surface area contributed by atoms with E-state index in [1.807, 2.05) is 29.2 Å². The largest absolute Gasteiger partial charge is 0.396 e. The van der Waals surface area contributed by atoms with E-state index in [4.69, 9.17) is 16.7 Å². The van der Waals surface area contributed by atoms with Crippen molar-refractivity contribution in [3.63, 3.8) is 0 Å². The Kier molecular flexibility index (Phi) is 6.04. The Hall–Kier alpha value is -1.92. The fraction of sp³-hybridized carbons (Fsp3) is 0.500. The Bertz CT molecular complexity index is 719. The number of amides is 1. The molecule has 0 aliphatic carbocycles. The summed E-state index contributed by atoms with van der Waals surface area (Å²) in [5.74, 6) is 0.400. The summed E-state index contributed by atoms with van der Waals surface area (Å²) < 4.78 is 1.66. The molecule has 1 saturated heterocycles. The van der Waals surface area contributed by atoms with Gasteiger partial charge in [0.25, 0.3) is 5.91 Å². The third-order valence-corrected chi connectivity index (χ3v) is 4.80. The van der Waals surface area contributed by atoms with Crippen LogP contribution in [0.4, 0.5) is 0 Å². The lowest BCUT2D eigenvalue weighted by Gasteiger charge is -2.32. The quantitative estimate of drug-likeness (QED) is 0.857. The van der Waals surface area contributed by atoms with Gasteiger partial charge in [-0.2, -0.15) is 0 Å². The third kappa shape index (κ3) is 4.80. The molecule has 1 amide bonds. The van der Waals surface area contributed by atoms with Crippen LogP contribution in [0, 0.1) is 5.92 Å². The van der Waals surface area contributed by atoms with E-state index in [0.717, 1.165) is 44.3 Å². The lowest BCUT2D eigenvalue weighted by atomic mass is 9.93. The van der Waals surface area contributed by atoms with Crippen LogP contribution in [-0.4, -0.2) is 50.6 Å². The summed E-state index contributed by atoms with van der Waals surface area (Å²) in [6, 6.07) is 7.55. The van der Waals surface area contributed by atoms with E-state index in [1.54, 1.807) is 10.9 Å². The van der Waals surface area contributed by atoms with Crippen LogP contribution in [0.1, 0.15) is 41.7 Å². The number of piperidine rings is 1. The number of rotatable bonds is 6. The molecule has 0 bridgehead atoms. The SMILES string of the molecule is O=C(c1cn(Cc2cccc(Cl)c2)nn1)N1CCC[C@H](CCCO)C1. The maximum absolute atomic E-state index is 12.7. The van der Waals surface area contributed by atoms with E-state index in [2.05, 4.69) is 10.3 Å². The first-order valence-corrected chi connectivity index (χ1v) is 9.08. The van der Waals surface area contributed by atoms with Crippen LogP contribution < -0.4 is 0 Å². The lowest BCUT2D eigenvalue weighted by Crippen LogP contribution is -2.40. The molecule has 1 N–H and O–H groups in total. The fourth-order valence-corrected chi connectivity index (χ4v) is 3.54. The molecule has 3 rings (SSSR count). The third-order valence-electron chi connectivity index (χ3n) is 4.57. The summed E-state index contributed by atoms with van der Waals surface area (Å²) in [6.45, 7) is 2.23. The highest BCUT2D eigenvalue weighted by atomic mass is 35.5. The van der Waals surface area contributed by atoms with Gasteiger partial charge in [-0.05, 0) is 49.3 Å². The molecule has 2 heterocycles. The molecule has 1 aliphatic rings. The predicted octanol–water partition coefficient (Wildman–Crippen LogP) is 2.60. The monoisotopic (exact) mass is 362 g/mol. The number of carbonyl (C=O) groups is 1. The van der Waals surface area contributed by atoms with Gasteiger partial charge in [0.05, 0.1) is 12.7 Å². The highest BCUT2D eigenvalue weighted by Crippen LogP contribution is 2.22. The number of nitrogens with zero attached hydrogens (tertiary/aromatic N) is 4. The smallest absolute Gasteiger partial charge is 0.276 e. The Morgan fingerprint density at radius 3 is 3.08 bits per heavy atom. The Labute approximate surface area is 152 Å². The summed E-state index contributed by atoms with van der Waals surface area (Å²) >= 11 is 6.00. The van der Waals surface area contributed by atoms with Crippen molar-refractivity contribution in [3.8, 4) is 0 Å². The second-order valence-corrected chi connectivity index (χ2v) is 6.99. The lowest BCUT2D eigenvalue weighted by molar-refractivity contribution is 0.0657. The summed E-state index contributed by atoms with van der Waals surface area (Å²) in [6.07, 6.45) is 5.56. The number of carbonyl (C=O) groups excluding carboxylic acids is 1. The number of halogens is 1. The zero-order valence-corrected chi connectivity index (χ0v) is 14.9. The van der Waals surface area contributed by atoms with Crippen molar-refractivity contribution >= 4 is 17.5 Å². The van der Waals surface area contributed by atoms with Crippen LogP contribution in [0.25, 0.3) is 0 Å². The summed E-state index contributed by atoms with van der Waals surface area (Å²) in [5, 5.41) is 17.8. The number of aliphatic hydroxyl groups excluding tert-OH is 1. The van der Waals surface area contributed by atoms with E-state index in [1.165, 1.54) is 0 Å². The molecule has 1 atom stereocenters. The van der Waals surface area contributed by atoms with Crippen LogP contribution >= 0.6 is 11.6 Å². The van der Waals surface area contributed by atoms with Gasteiger partial charge in [0, 0.05) is 24.7 Å². The normalized spacial score (nSPS) is 17.7. The molecule has 0 spiro atoms. The summed E-state index contributed by atoms with van der Waals surface area (Å²) in [5.41, 5.74) is 1.39. The van der Waals surface area contributed by atoms with E-state index >= 15 is 0 Å². The Morgan fingerprint density at radius 2 is 2.28 bits per heavy atom. The standard InChI is InChI=1S/C18H23ClN4O2/c19-16-7-1-4-15(10-16)12-23-13-17(20-21-23)18(25)22-8-2-5-14(11-22)6-3-9-24/h1,4,7,10,13-14,24H,2-3,5-6,8-9,11-12H2/t14-/m1/s1. The van der Waals surface area contributed by atoms with Gasteiger partial charge < -0.3 is 10.0 Å². The van der Waals surface area contributed by atoms with Crippen molar-refractivity contribution in [1.29, 1.82) is 0 Å². The molecule has 0 saturated carbocycles. The zero-order valence-electron chi connectivity index (χ0n) is 14.1. The minimum atomic E-state index is -0.0638. The molecular formula is C18H23ClN4O2. The molecule has 0 radical (unpaired) electrons. The van der Waals surface area contributed by atoms with Gasteiger partial charge in [0.15, 0.2) is 5.69 Å². The van der Waals surface area contributed by atoms with Crippen LogP contribution in [0.5, 0.6) is 0 Å². The fourth-order valence-electron chi connectivity index (χ4n) is 3.32. The minimum absolute atomic E-state index is 0.0638. The maximum Gasteiger partial charge on any atom is 0.276 e. The number of hydrogen-bond donors (Lipinski definition) is 1. The Morgan fingerprint density at radius 1 is 1.40 bits per heavy atom. The second kappa shape index (κ2) is 8.45. The van der Waals surface area contributed by atoms with E-state index in [9.17, 15) is 4.79 Å². The number of likely N-dealkylation sites (tertiary alicyclic amines) is 1. The summed E-state index contributed by atoms with van der Waals surface area (Å²) in [4.78, 5) is 14.5. The highest BCUT2D eigenvalue weighted by molar-refractivity contribution is 6.30. The molecule has 1 aromatic heterocycles. The molecule has 25 heavy (non-hydrogen) atoms. The van der Waals surface area contributed by atoms with Gasteiger partial charge in [0.1, 0.15) is 0 Å². The molecule has 2 aromatic rings. The van der Waals surface area contributed by atoms with Gasteiger partial charge in [-0.3, -0.25) is 4.79 Å². The van der Waals surface area contributed by atoms with E-state index < -0.39 is 0 Å². The van der Waals surface area contributed by atoms with Gasteiger partial charge in [0.2, 0.25) is 0 Å². The molecule has 0 unspecified atom stereocenters. The molecule has 6 nitrogen and oxygen atoms in total. The topological polar surface area (TPSA) is 71.2 Å². The molecule has 134 valence electrons. The first kappa shape index (κ1) is 17.9. The average Bonchev–Trinajstić information content (AvgIpc) is 3.08. The highest BCUT2D eigenvalue weighted by Gasteiger charge is 2.25. The van der Waals surface area contributed by atoms with Gasteiger partial charge in [-0.15, -0.1) is 5.10 Å². The Balaban J connectivity index is 1.62. The molecule has 1 fully saturated rings.